The van der Waals surface area contributed by atoms with Crippen LogP contribution in [0.15, 0.2) is 22.7 Å². The zero-order chi connectivity index (χ0) is 12.3. The van der Waals surface area contributed by atoms with Gasteiger partial charge in [0, 0.05) is 4.47 Å². The second-order valence-electron chi connectivity index (χ2n) is 3.32. The molecule has 0 aliphatic heterocycles. The van der Waals surface area contributed by atoms with Gasteiger partial charge in [0.1, 0.15) is 11.9 Å². The van der Waals surface area contributed by atoms with Gasteiger partial charge >= 0.3 is 6.18 Å². The van der Waals surface area contributed by atoms with Gasteiger partial charge in [-0.2, -0.15) is 13.2 Å². The molecule has 16 heavy (non-hydrogen) atoms. The van der Waals surface area contributed by atoms with Gasteiger partial charge in [-0.1, -0.05) is 15.9 Å². The highest BCUT2D eigenvalue weighted by molar-refractivity contribution is 9.10. The Morgan fingerprint density at radius 2 is 2.00 bits per heavy atom. The molecule has 0 radical (unpaired) electrons. The molecule has 0 fully saturated rings. The van der Waals surface area contributed by atoms with Crippen molar-refractivity contribution in [1.82, 2.24) is 5.32 Å². The first kappa shape index (κ1) is 13.4. The van der Waals surface area contributed by atoms with Gasteiger partial charge in [-0.3, -0.25) is 0 Å². The lowest BCUT2D eigenvalue weighted by Crippen LogP contribution is -2.41. The maximum absolute atomic E-state index is 12.9. The summed E-state index contributed by atoms with van der Waals surface area (Å²) < 4.78 is 50.7. The van der Waals surface area contributed by atoms with Crippen LogP contribution in [0, 0.1) is 5.82 Å². The smallest absolute Gasteiger partial charge is 0.309 e. The summed E-state index contributed by atoms with van der Waals surface area (Å²) >= 11 is 3.09. The molecular formula is C10H10BrF4N. The van der Waals surface area contributed by atoms with Crippen LogP contribution in [-0.2, 0) is 6.42 Å². The minimum atomic E-state index is -4.35. The van der Waals surface area contributed by atoms with Gasteiger partial charge in [0.05, 0.1) is 0 Å². The van der Waals surface area contributed by atoms with E-state index in [0.29, 0.717) is 4.47 Å². The lowest BCUT2D eigenvalue weighted by atomic mass is 10.1. The zero-order valence-electron chi connectivity index (χ0n) is 8.41. The number of likely N-dealkylation sites (N-methyl/N-ethyl adjacent to an activating group) is 1. The summed E-state index contributed by atoms with van der Waals surface area (Å²) in [7, 11) is 1.23. The maximum atomic E-state index is 12.9. The molecule has 1 rings (SSSR count). The van der Waals surface area contributed by atoms with Crippen molar-refractivity contribution in [2.75, 3.05) is 7.05 Å². The van der Waals surface area contributed by atoms with Gasteiger partial charge in [-0.15, -0.1) is 0 Å². The molecular weight excluding hydrogens is 290 g/mol. The van der Waals surface area contributed by atoms with Gasteiger partial charge in [0.2, 0.25) is 0 Å². The molecule has 0 heterocycles. The molecule has 0 bridgehead atoms. The largest absolute Gasteiger partial charge is 0.404 e. The molecule has 0 saturated carbocycles. The maximum Gasteiger partial charge on any atom is 0.404 e. The number of alkyl halides is 3. The summed E-state index contributed by atoms with van der Waals surface area (Å²) in [4.78, 5) is 0. The van der Waals surface area contributed by atoms with Crippen molar-refractivity contribution >= 4 is 15.9 Å². The highest BCUT2D eigenvalue weighted by atomic mass is 79.9. The Bertz CT molecular complexity index is 364. The van der Waals surface area contributed by atoms with E-state index in [9.17, 15) is 17.6 Å². The molecule has 0 saturated heterocycles. The monoisotopic (exact) mass is 299 g/mol. The van der Waals surface area contributed by atoms with Crippen LogP contribution in [-0.4, -0.2) is 19.3 Å². The number of nitrogens with one attached hydrogen (secondary N) is 1. The molecule has 6 heteroatoms. The SMILES string of the molecule is CNC(Cc1cc(F)ccc1Br)C(F)(F)F. The van der Waals surface area contributed by atoms with Gasteiger partial charge in [0.25, 0.3) is 0 Å². The van der Waals surface area contributed by atoms with Gasteiger partial charge in [-0.25, -0.2) is 4.39 Å². The van der Waals surface area contributed by atoms with Crippen LogP contribution in [0.25, 0.3) is 0 Å². The van der Waals surface area contributed by atoms with Crippen LogP contribution >= 0.6 is 15.9 Å². The molecule has 0 aromatic heterocycles. The number of rotatable bonds is 3. The summed E-state index contributed by atoms with van der Waals surface area (Å²) in [5.41, 5.74) is 0.289. The summed E-state index contributed by atoms with van der Waals surface area (Å²) in [6.07, 6.45) is -4.65. The summed E-state index contributed by atoms with van der Waals surface area (Å²) in [5, 5.41) is 2.17. The van der Waals surface area contributed by atoms with E-state index in [0.717, 1.165) is 6.07 Å². The van der Waals surface area contributed by atoms with Crippen LogP contribution in [0.5, 0.6) is 0 Å². The molecule has 1 atom stereocenters. The molecule has 90 valence electrons. The fraction of sp³-hybridized carbons (Fsp3) is 0.400. The normalized spacial score (nSPS) is 13.9. The summed E-state index contributed by atoms with van der Waals surface area (Å²) in [6.45, 7) is 0. The topological polar surface area (TPSA) is 12.0 Å². The Balaban J connectivity index is 2.90. The van der Waals surface area contributed by atoms with Crippen LogP contribution < -0.4 is 5.32 Å². The van der Waals surface area contributed by atoms with Crippen molar-refractivity contribution in [2.24, 2.45) is 0 Å². The molecule has 1 nitrogen and oxygen atoms in total. The Labute approximate surface area is 99.0 Å². The van der Waals surface area contributed by atoms with Crippen LogP contribution in [0.4, 0.5) is 17.6 Å². The third kappa shape index (κ3) is 3.45. The van der Waals surface area contributed by atoms with Crippen molar-refractivity contribution in [3.8, 4) is 0 Å². The van der Waals surface area contributed by atoms with E-state index in [1.165, 1.54) is 19.2 Å². The summed E-state index contributed by atoms with van der Waals surface area (Å²) in [6, 6.07) is 2.01. The van der Waals surface area contributed by atoms with E-state index < -0.39 is 18.0 Å². The van der Waals surface area contributed by atoms with Crippen LogP contribution in [0.1, 0.15) is 5.56 Å². The molecule has 0 aliphatic rings. The zero-order valence-corrected chi connectivity index (χ0v) is 9.99. The first-order valence-electron chi connectivity index (χ1n) is 4.52. The van der Waals surface area contributed by atoms with Crippen molar-refractivity contribution < 1.29 is 17.6 Å². The van der Waals surface area contributed by atoms with Gasteiger partial charge in [0.15, 0.2) is 0 Å². The highest BCUT2D eigenvalue weighted by Crippen LogP contribution is 2.26. The average molecular weight is 300 g/mol. The van der Waals surface area contributed by atoms with E-state index >= 15 is 0 Å². The van der Waals surface area contributed by atoms with E-state index in [4.69, 9.17) is 0 Å². The van der Waals surface area contributed by atoms with E-state index in [1.54, 1.807) is 0 Å². The number of benzene rings is 1. The Morgan fingerprint density at radius 1 is 1.38 bits per heavy atom. The number of halogens is 5. The highest BCUT2D eigenvalue weighted by Gasteiger charge is 2.38. The van der Waals surface area contributed by atoms with Gasteiger partial charge < -0.3 is 5.32 Å². The third-order valence-electron chi connectivity index (χ3n) is 2.18. The number of hydrogen-bond donors (Lipinski definition) is 1. The Kier molecular flexibility index (Phi) is 4.32. The molecule has 1 unspecified atom stereocenters. The predicted octanol–water partition coefficient (Wildman–Crippen LogP) is 3.28. The third-order valence-corrected chi connectivity index (χ3v) is 2.95. The lowest BCUT2D eigenvalue weighted by Gasteiger charge is -2.20. The fourth-order valence-corrected chi connectivity index (χ4v) is 1.71. The number of hydrogen-bond acceptors (Lipinski definition) is 1. The van der Waals surface area contributed by atoms with Crippen LogP contribution in [0.3, 0.4) is 0 Å². The van der Waals surface area contributed by atoms with Crippen molar-refractivity contribution in [3.05, 3.63) is 34.1 Å². The van der Waals surface area contributed by atoms with E-state index in [1.807, 2.05) is 0 Å². The van der Waals surface area contributed by atoms with E-state index in [2.05, 4.69) is 21.2 Å². The lowest BCUT2D eigenvalue weighted by molar-refractivity contribution is -0.154. The average Bonchev–Trinajstić information content (AvgIpc) is 2.17. The fourth-order valence-electron chi connectivity index (χ4n) is 1.30. The molecule has 0 spiro atoms. The minimum Gasteiger partial charge on any atom is -0.309 e. The summed E-state index contributed by atoms with van der Waals surface area (Å²) in [5.74, 6) is -0.546. The Morgan fingerprint density at radius 3 is 2.50 bits per heavy atom. The molecule has 1 aromatic rings. The molecule has 1 N–H and O–H groups in total. The molecule has 0 amide bonds. The Hall–Kier alpha value is -0.620. The first-order valence-corrected chi connectivity index (χ1v) is 5.32. The second-order valence-corrected chi connectivity index (χ2v) is 4.18. The second kappa shape index (κ2) is 5.14. The van der Waals surface area contributed by atoms with Crippen molar-refractivity contribution in [2.45, 2.75) is 18.6 Å². The van der Waals surface area contributed by atoms with Gasteiger partial charge in [-0.05, 0) is 37.2 Å². The predicted molar refractivity (Wildman–Crippen MR) is 56.7 cm³/mol. The van der Waals surface area contributed by atoms with E-state index in [-0.39, 0.29) is 12.0 Å². The molecule has 0 aliphatic carbocycles. The minimum absolute atomic E-state index is 0.289. The van der Waals surface area contributed by atoms with Crippen LogP contribution in [0.2, 0.25) is 0 Å². The first-order chi connectivity index (χ1) is 7.34. The standard InChI is InChI=1S/C10H10BrF4N/c1-16-9(10(13,14)15)5-6-4-7(12)2-3-8(6)11/h2-4,9,16H,5H2,1H3. The molecule has 1 aromatic carbocycles. The van der Waals surface area contributed by atoms with Crippen molar-refractivity contribution in [1.29, 1.82) is 0 Å². The van der Waals surface area contributed by atoms with Crippen molar-refractivity contribution in [3.63, 3.8) is 0 Å². The quantitative estimate of drug-likeness (QED) is 0.845.